The van der Waals surface area contributed by atoms with E-state index in [1.54, 1.807) is 12.1 Å². The maximum absolute atomic E-state index is 13.3. The average molecular weight is 534 g/mol. The SMILES string of the molecule is Nc1nc2c(-c3ccc(S(=O)(=O)/N=C4/CCCNC4)c(S(N)(=O)=O)c3-c3nn[nH]n3)cccc2s1. The van der Waals surface area contributed by atoms with Crippen LogP contribution in [-0.4, -0.2) is 61.2 Å². The molecule has 0 radical (unpaired) electrons. The van der Waals surface area contributed by atoms with Gasteiger partial charge in [0.2, 0.25) is 15.8 Å². The second-order valence-electron chi connectivity index (χ2n) is 7.71. The van der Waals surface area contributed by atoms with Gasteiger partial charge in [-0.1, -0.05) is 29.5 Å². The van der Waals surface area contributed by atoms with Gasteiger partial charge >= 0.3 is 0 Å². The Labute approximate surface area is 203 Å². The zero-order chi connectivity index (χ0) is 24.8. The first-order valence-corrected chi connectivity index (χ1v) is 14.1. The number of aromatic amines is 1. The minimum absolute atomic E-state index is 0.136. The molecule has 2 aromatic heterocycles. The Balaban J connectivity index is 1.85. The van der Waals surface area contributed by atoms with Gasteiger partial charge in [0.1, 0.15) is 9.79 Å². The molecule has 0 amide bonds. The molecular formula is C19H19N9O4S3. The van der Waals surface area contributed by atoms with Gasteiger partial charge in [0.25, 0.3) is 10.0 Å². The van der Waals surface area contributed by atoms with Gasteiger partial charge in [-0.05, 0) is 42.3 Å². The number of tetrazole rings is 1. The molecule has 2 aromatic carbocycles. The Morgan fingerprint density at radius 3 is 2.60 bits per heavy atom. The number of benzene rings is 2. The van der Waals surface area contributed by atoms with Gasteiger partial charge in [-0.3, -0.25) is 0 Å². The normalized spacial score (nSPS) is 16.2. The van der Waals surface area contributed by atoms with E-state index in [1.165, 1.54) is 23.5 Å². The van der Waals surface area contributed by atoms with Gasteiger partial charge < -0.3 is 11.1 Å². The molecule has 0 unspecified atom stereocenters. The highest BCUT2D eigenvalue weighted by Gasteiger charge is 2.33. The molecule has 1 saturated heterocycles. The molecule has 1 aliphatic heterocycles. The summed E-state index contributed by atoms with van der Waals surface area (Å²) < 4.78 is 57.1. The van der Waals surface area contributed by atoms with Crippen LogP contribution in [0.3, 0.4) is 0 Å². The van der Waals surface area contributed by atoms with Crippen LogP contribution in [0.4, 0.5) is 5.13 Å². The van der Waals surface area contributed by atoms with E-state index in [9.17, 15) is 16.8 Å². The molecule has 3 heterocycles. The number of aromatic nitrogens is 5. The van der Waals surface area contributed by atoms with Crippen molar-refractivity contribution >= 4 is 52.4 Å². The number of primary sulfonamides is 1. The van der Waals surface area contributed by atoms with Crippen molar-refractivity contribution in [1.29, 1.82) is 0 Å². The number of hydrogen-bond acceptors (Lipinski definition) is 11. The number of fused-ring (bicyclic) bond motifs is 1. The number of nitrogen functional groups attached to an aromatic ring is 1. The molecule has 1 aliphatic rings. The summed E-state index contributed by atoms with van der Waals surface area (Å²) >= 11 is 1.26. The smallest absolute Gasteiger partial charge is 0.283 e. The number of piperidine rings is 1. The van der Waals surface area contributed by atoms with Crippen LogP contribution in [0.2, 0.25) is 0 Å². The second-order valence-corrected chi connectivity index (χ2v) is 11.8. The lowest BCUT2D eigenvalue weighted by atomic mass is 9.98. The number of rotatable bonds is 5. The summed E-state index contributed by atoms with van der Waals surface area (Å²) in [6.45, 7) is 1.03. The van der Waals surface area contributed by atoms with E-state index >= 15 is 0 Å². The Bertz CT molecular complexity index is 1670. The number of H-pyrrole nitrogens is 1. The van der Waals surface area contributed by atoms with Crippen molar-refractivity contribution in [2.24, 2.45) is 9.54 Å². The van der Waals surface area contributed by atoms with Crippen molar-refractivity contribution in [2.45, 2.75) is 22.6 Å². The quantitative estimate of drug-likeness (QED) is 0.284. The molecule has 0 bridgehead atoms. The third kappa shape index (κ3) is 4.41. The minimum Gasteiger partial charge on any atom is -0.375 e. The Kier molecular flexibility index (Phi) is 5.84. The number of anilines is 1. The molecule has 6 N–H and O–H groups in total. The minimum atomic E-state index is -4.62. The lowest BCUT2D eigenvalue weighted by molar-refractivity contribution is 0.584. The van der Waals surface area contributed by atoms with Crippen LogP contribution in [0.1, 0.15) is 12.8 Å². The summed E-state index contributed by atoms with van der Waals surface area (Å²) in [7, 11) is -9.08. The van der Waals surface area contributed by atoms with E-state index in [0.29, 0.717) is 34.8 Å². The van der Waals surface area contributed by atoms with Crippen molar-refractivity contribution in [1.82, 2.24) is 30.9 Å². The number of nitrogens with two attached hydrogens (primary N) is 2. The summed E-state index contributed by atoms with van der Waals surface area (Å²) in [5, 5.41) is 22.6. The fourth-order valence-corrected chi connectivity index (χ4v) is 7.41. The van der Waals surface area contributed by atoms with Gasteiger partial charge in [0.15, 0.2) is 5.13 Å². The highest BCUT2D eigenvalue weighted by molar-refractivity contribution is 7.93. The molecule has 13 nitrogen and oxygen atoms in total. The van der Waals surface area contributed by atoms with E-state index in [4.69, 9.17) is 10.9 Å². The van der Waals surface area contributed by atoms with E-state index in [2.05, 4.69) is 35.3 Å². The molecule has 35 heavy (non-hydrogen) atoms. The predicted octanol–water partition coefficient (Wildman–Crippen LogP) is 0.886. The van der Waals surface area contributed by atoms with Crippen LogP contribution in [0.15, 0.2) is 44.5 Å². The molecule has 0 spiro atoms. The first-order valence-electron chi connectivity index (χ1n) is 10.3. The second kappa shape index (κ2) is 8.72. The lowest BCUT2D eigenvalue weighted by Crippen LogP contribution is -2.30. The predicted molar refractivity (Wildman–Crippen MR) is 131 cm³/mol. The topological polar surface area (TPSA) is 212 Å². The summed E-state index contributed by atoms with van der Waals surface area (Å²) in [4.78, 5) is 3.10. The molecule has 0 aliphatic carbocycles. The van der Waals surface area contributed by atoms with Gasteiger partial charge in [0, 0.05) is 17.8 Å². The van der Waals surface area contributed by atoms with Crippen molar-refractivity contribution in [2.75, 3.05) is 18.8 Å². The van der Waals surface area contributed by atoms with Gasteiger partial charge in [-0.15, -0.1) is 10.2 Å². The summed E-state index contributed by atoms with van der Waals surface area (Å²) in [6.07, 6.45) is 1.18. The van der Waals surface area contributed by atoms with Crippen LogP contribution < -0.4 is 16.2 Å². The first kappa shape index (κ1) is 23.4. The third-order valence-corrected chi connectivity index (χ3v) is 8.74. The first-order chi connectivity index (χ1) is 16.6. The van der Waals surface area contributed by atoms with Crippen LogP contribution in [0.5, 0.6) is 0 Å². The molecule has 182 valence electrons. The lowest BCUT2D eigenvalue weighted by Gasteiger charge is -2.17. The number of nitrogens with zero attached hydrogens (tertiary/aromatic N) is 5. The zero-order valence-corrected chi connectivity index (χ0v) is 20.4. The average Bonchev–Trinajstić information content (AvgIpc) is 3.46. The van der Waals surface area contributed by atoms with Crippen molar-refractivity contribution in [3.05, 3.63) is 30.3 Å². The maximum Gasteiger partial charge on any atom is 0.283 e. The van der Waals surface area contributed by atoms with Crippen LogP contribution >= 0.6 is 11.3 Å². The fourth-order valence-electron chi connectivity index (χ4n) is 3.98. The fraction of sp³-hybridized carbons (Fsp3) is 0.211. The maximum atomic E-state index is 13.3. The van der Waals surface area contributed by atoms with Crippen molar-refractivity contribution in [3.63, 3.8) is 0 Å². The van der Waals surface area contributed by atoms with Gasteiger partial charge in [-0.2, -0.15) is 18.0 Å². The molecule has 5 rings (SSSR count). The Morgan fingerprint density at radius 1 is 1.09 bits per heavy atom. The molecule has 0 atom stereocenters. The summed E-state index contributed by atoms with van der Waals surface area (Å²) in [6, 6.07) is 7.89. The van der Waals surface area contributed by atoms with Gasteiger partial charge in [-0.25, -0.2) is 18.5 Å². The summed E-state index contributed by atoms with van der Waals surface area (Å²) in [5.74, 6) is -0.159. The van der Waals surface area contributed by atoms with Crippen LogP contribution in [0, 0.1) is 0 Å². The third-order valence-electron chi connectivity index (χ3n) is 5.38. The van der Waals surface area contributed by atoms with Crippen molar-refractivity contribution in [3.8, 4) is 22.5 Å². The van der Waals surface area contributed by atoms with E-state index in [0.717, 1.165) is 11.2 Å². The molecule has 16 heteroatoms. The number of thiazole rings is 1. The Morgan fingerprint density at radius 2 is 1.91 bits per heavy atom. The van der Waals surface area contributed by atoms with E-state index < -0.39 is 29.8 Å². The molecule has 4 aromatic rings. The number of nitrogens with one attached hydrogen (secondary N) is 2. The number of para-hydroxylation sites is 1. The van der Waals surface area contributed by atoms with Crippen LogP contribution in [0.25, 0.3) is 32.7 Å². The molecule has 0 saturated carbocycles. The largest absolute Gasteiger partial charge is 0.375 e. The summed E-state index contributed by atoms with van der Waals surface area (Å²) in [5.41, 5.74) is 7.43. The standard InChI is InChI=1S/C19H19N9O4S3/c20-19-23-16-12(4-1-5-13(16)33-19)11-6-7-14(35(31,32)26-10-3-2-8-22-9-10)17(34(21,29)30)15(11)18-24-27-28-25-18/h1,4-7,22H,2-3,8-9H2,(H2,20,23)(H2,21,29,30)(H,24,25,27,28)/b26-10-. The molecule has 1 fully saturated rings. The highest BCUT2D eigenvalue weighted by Crippen LogP contribution is 2.42. The van der Waals surface area contributed by atoms with Crippen molar-refractivity contribution < 1.29 is 16.8 Å². The number of sulfonamides is 2. The van der Waals surface area contributed by atoms with E-state index in [-0.39, 0.29) is 23.5 Å². The number of hydrogen-bond donors (Lipinski definition) is 4. The van der Waals surface area contributed by atoms with E-state index in [1.807, 2.05) is 6.07 Å². The zero-order valence-electron chi connectivity index (χ0n) is 18.0. The monoisotopic (exact) mass is 533 g/mol. The highest BCUT2D eigenvalue weighted by atomic mass is 32.2. The Hall–Kier alpha value is -3.31. The molecular weight excluding hydrogens is 514 g/mol. The van der Waals surface area contributed by atoms with Crippen LogP contribution in [-0.2, 0) is 20.0 Å². The van der Waals surface area contributed by atoms with Gasteiger partial charge in [0.05, 0.1) is 15.8 Å².